The van der Waals surface area contributed by atoms with Gasteiger partial charge in [0.05, 0.1) is 0 Å². The van der Waals surface area contributed by atoms with E-state index in [1.807, 2.05) is 31.3 Å². The van der Waals surface area contributed by atoms with Crippen LogP contribution in [-0.2, 0) is 6.42 Å². The maximum absolute atomic E-state index is 5.85. The van der Waals surface area contributed by atoms with Gasteiger partial charge in [-0.3, -0.25) is 0 Å². The van der Waals surface area contributed by atoms with Crippen LogP contribution in [0.3, 0.4) is 0 Å². The Bertz CT molecular complexity index is 794. The lowest BCUT2D eigenvalue weighted by Gasteiger charge is -2.15. The molecular formula is C17H18N2OS. The summed E-state index contributed by atoms with van der Waals surface area (Å²) in [5, 5.41) is 9.21. The smallest absolute Gasteiger partial charge is 0.166 e. The number of hydrogen-bond donors (Lipinski definition) is 2. The first kappa shape index (κ1) is 13.9. The van der Waals surface area contributed by atoms with E-state index >= 15 is 0 Å². The molecule has 21 heavy (non-hydrogen) atoms. The number of rotatable bonds is 3. The molecule has 0 bridgehead atoms. The molecule has 1 atom stereocenters. The van der Waals surface area contributed by atoms with Crippen LogP contribution in [0.4, 0.5) is 0 Å². The zero-order valence-electron chi connectivity index (χ0n) is 12.1. The Morgan fingerprint density at radius 2 is 1.90 bits per heavy atom. The van der Waals surface area contributed by atoms with Gasteiger partial charge in [-0.2, -0.15) is 0 Å². The van der Waals surface area contributed by atoms with E-state index in [0.717, 1.165) is 17.6 Å². The Morgan fingerprint density at radius 1 is 1.14 bits per heavy atom. The minimum Gasteiger partial charge on any atom is -0.456 e. The predicted octanol–water partition coefficient (Wildman–Crippen LogP) is 3.61. The van der Waals surface area contributed by atoms with E-state index in [0.29, 0.717) is 5.11 Å². The highest BCUT2D eigenvalue weighted by Gasteiger charge is 2.09. The van der Waals surface area contributed by atoms with E-state index in [4.69, 9.17) is 16.6 Å². The first-order valence-corrected chi connectivity index (χ1v) is 7.46. The largest absolute Gasteiger partial charge is 0.456 e. The number of fused-ring (bicyclic) bond motifs is 3. The van der Waals surface area contributed by atoms with E-state index in [1.54, 1.807) is 0 Å². The maximum Gasteiger partial charge on any atom is 0.166 e. The fourth-order valence-electron chi connectivity index (χ4n) is 2.60. The Morgan fingerprint density at radius 3 is 2.71 bits per heavy atom. The van der Waals surface area contributed by atoms with Crippen LogP contribution >= 0.6 is 12.2 Å². The quantitative estimate of drug-likeness (QED) is 0.724. The minimum atomic E-state index is 0.278. The van der Waals surface area contributed by atoms with E-state index < -0.39 is 0 Å². The molecule has 0 aliphatic carbocycles. The van der Waals surface area contributed by atoms with Gasteiger partial charge in [0.2, 0.25) is 0 Å². The average molecular weight is 298 g/mol. The van der Waals surface area contributed by atoms with Crippen molar-refractivity contribution >= 4 is 39.3 Å². The Kier molecular flexibility index (Phi) is 3.80. The third-order valence-electron chi connectivity index (χ3n) is 3.59. The second-order valence-electron chi connectivity index (χ2n) is 5.26. The normalized spacial score (nSPS) is 12.5. The summed E-state index contributed by atoms with van der Waals surface area (Å²) in [4.78, 5) is 0. The molecule has 108 valence electrons. The van der Waals surface area contributed by atoms with E-state index in [2.05, 4.69) is 35.8 Å². The van der Waals surface area contributed by atoms with Crippen LogP contribution in [0, 0.1) is 0 Å². The molecule has 0 fully saturated rings. The SMILES string of the molecule is CNC(=S)N[C@H](C)Cc1ccc2oc3ccccc3c2c1. The highest BCUT2D eigenvalue weighted by Crippen LogP contribution is 2.29. The summed E-state index contributed by atoms with van der Waals surface area (Å²) in [5.74, 6) is 0. The molecule has 4 heteroatoms. The molecule has 3 aromatic rings. The summed E-state index contributed by atoms with van der Waals surface area (Å²) in [6.45, 7) is 2.13. The number of para-hydroxylation sites is 1. The van der Waals surface area contributed by atoms with Gasteiger partial charge >= 0.3 is 0 Å². The topological polar surface area (TPSA) is 37.2 Å². The van der Waals surface area contributed by atoms with Crippen LogP contribution in [0.15, 0.2) is 46.9 Å². The molecule has 1 aromatic heterocycles. The van der Waals surface area contributed by atoms with Crippen LogP contribution in [-0.4, -0.2) is 18.2 Å². The number of thiocarbonyl (C=S) groups is 1. The van der Waals surface area contributed by atoms with Gasteiger partial charge in [0.1, 0.15) is 11.2 Å². The second kappa shape index (κ2) is 5.74. The summed E-state index contributed by atoms with van der Waals surface area (Å²) in [5.41, 5.74) is 3.14. The summed E-state index contributed by atoms with van der Waals surface area (Å²) in [7, 11) is 1.83. The summed E-state index contributed by atoms with van der Waals surface area (Å²) in [6.07, 6.45) is 0.914. The molecule has 0 aliphatic heterocycles. The molecule has 1 heterocycles. The van der Waals surface area contributed by atoms with Crippen molar-refractivity contribution in [1.29, 1.82) is 0 Å². The summed E-state index contributed by atoms with van der Waals surface area (Å²) in [6, 6.07) is 14.8. The molecule has 0 saturated heterocycles. The molecule has 0 unspecified atom stereocenters. The third kappa shape index (κ3) is 2.85. The number of furan rings is 1. The highest BCUT2D eigenvalue weighted by molar-refractivity contribution is 7.80. The average Bonchev–Trinajstić information content (AvgIpc) is 2.85. The van der Waals surface area contributed by atoms with Crippen LogP contribution in [0.25, 0.3) is 21.9 Å². The summed E-state index contributed by atoms with van der Waals surface area (Å²) >= 11 is 5.14. The Balaban J connectivity index is 1.90. The third-order valence-corrected chi connectivity index (χ3v) is 3.91. The van der Waals surface area contributed by atoms with Gasteiger partial charge in [-0.25, -0.2) is 0 Å². The Hall–Kier alpha value is -2.07. The maximum atomic E-state index is 5.85. The van der Waals surface area contributed by atoms with Crippen LogP contribution in [0.5, 0.6) is 0 Å². The van der Waals surface area contributed by atoms with Gasteiger partial charge in [0.15, 0.2) is 5.11 Å². The van der Waals surface area contributed by atoms with Gasteiger partial charge in [0, 0.05) is 23.9 Å². The molecule has 0 aliphatic rings. The summed E-state index contributed by atoms with van der Waals surface area (Å²) < 4.78 is 5.85. The molecule has 0 amide bonds. The van der Waals surface area contributed by atoms with Crippen LogP contribution < -0.4 is 10.6 Å². The lowest BCUT2D eigenvalue weighted by atomic mass is 10.0. The number of benzene rings is 2. The van der Waals surface area contributed by atoms with Gasteiger partial charge in [0.25, 0.3) is 0 Å². The molecule has 2 N–H and O–H groups in total. The standard InChI is InChI=1S/C17H18N2OS/c1-11(19-17(21)18-2)9-12-7-8-16-14(10-12)13-5-3-4-6-15(13)20-16/h3-8,10-11H,9H2,1-2H3,(H2,18,19,21)/t11-/m1/s1. The van der Waals surface area contributed by atoms with Gasteiger partial charge in [-0.1, -0.05) is 24.3 Å². The monoisotopic (exact) mass is 298 g/mol. The van der Waals surface area contributed by atoms with Crippen molar-refractivity contribution in [3.05, 3.63) is 48.0 Å². The minimum absolute atomic E-state index is 0.278. The molecule has 2 aromatic carbocycles. The first-order valence-electron chi connectivity index (χ1n) is 7.06. The highest BCUT2D eigenvalue weighted by atomic mass is 32.1. The molecular weight excluding hydrogens is 280 g/mol. The van der Waals surface area contributed by atoms with Gasteiger partial charge in [-0.15, -0.1) is 0 Å². The van der Waals surface area contributed by atoms with E-state index in [-0.39, 0.29) is 6.04 Å². The van der Waals surface area contributed by atoms with Crippen molar-refractivity contribution in [3.63, 3.8) is 0 Å². The van der Waals surface area contributed by atoms with Crippen molar-refractivity contribution in [1.82, 2.24) is 10.6 Å². The van der Waals surface area contributed by atoms with E-state index in [1.165, 1.54) is 16.3 Å². The van der Waals surface area contributed by atoms with Crippen molar-refractivity contribution in [2.24, 2.45) is 0 Å². The fourth-order valence-corrected chi connectivity index (χ4v) is 2.80. The lowest BCUT2D eigenvalue weighted by Crippen LogP contribution is -2.39. The van der Waals surface area contributed by atoms with Gasteiger partial charge < -0.3 is 15.1 Å². The molecule has 3 nitrogen and oxygen atoms in total. The van der Waals surface area contributed by atoms with Crippen molar-refractivity contribution in [2.45, 2.75) is 19.4 Å². The molecule has 0 spiro atoms. The van der Waals surface area contributed by atoms with Gasteiger partial charge in [-0.05, 0) is 49.3 Å². The van der Waals surface area contributed by atoms with Crippen molar-refractivity contribution < 1.29 is 4.42 Å². The second-order valence-corrected chi connectivity index (χ2v) is 5.67. The zero-order valence-corrected chi connectivity index (χ0v) is 13.0. The molecule has 0 radical (unpaired) electrons. The van der Waals surface area contributed by atoms with E-state index in [9.17, 15) is 0 Å². The lowest BCUT2D eigenvalue weighted by molar-refractivity contribution is 0.653. The first-order chi connectivity index (χ1) is 10.2. The fraction of sp³-hybridized carbons (Fsp3) is 0.235. The zero-order chi connectivity index (χ0) is 14.8. The number of nitrogens with one attached hydrogen (secondary N) is 2. The molecule has 0 saturated carbocycles. The predicted molar refractivity (Wildman–Crippen MR) is 91.7 cm³/mol. The van der Waals surface area contributed by atoms with Crippen molar-refractivity contribution in [3.8, 4) is 0 Å². The molecule has 3 rings (SSSR count). The number of hydrogen-bond acceptors (Lipinski definition) is 2. The van der Waals surface area contributed by atoms with Crippen molar-refractivity contribution in [2.75, 3.05) is 7.05 Å². The Labute approximate surface area is 129 Å². The van der Waals surface area contributed by atoms with Crippen LogP contribution in [0.1, 0.15) is 12.5 Å². The van der Waals surface area contributed by atoms with Crippen LogP contribution in [0.2, 0.25) is 0 Å².